The maximum absolute atomic E-state index is 9.17. The zero-order valence-corrected chi connectivity index (χ0v) is 11.0. The lowest BCUT2D eigenvalue weighted by Gasteiger charge is -2.08. The van der Waals surface area contributed by atoms with Crippen molar-refractivity contribution in [2.24, 2.45) is 0 Å². The molecule has 0 heterocycles. The second-order valence-corrected chi connectivity index (χ2v) is 4.09. The van der Waals surface area contributed by atoms with E-state index >= 15 is 0 Å². The summed E-state index contributed by atoms with van der Waals surface area (Å²) in [6, 6.07) is 13.0. The Bertz CT molecular complexity index is 512. The van der Waals surface area contributed by atoms with Crippen LogP contribution in [-0.4, -0.2) is 5.11 Å². The van der Waals surface area contributed by atoms with E-state index in [1.165, 1.54) is 0 Å². The molecular formula is C14H17ClN2O. The van der Waals surface area contributed by atoms with E-state index in [0.717, 1.165) is 29.0 Å². The van der Waals surface area contributed by atoms with Gasteiger partial charge in [0.1, 0.15) is 5.75 Å². The first-order chi connectivity index (χ1) is 8.15. The van der Waals surface area contributed by atoms with Crippen molar-refractivity contribution in [3.8, 4) is 5.75 Å². The highest BCUT2D eigenvalue weighted by molar-refractivity contribution is 5.85. The molecule has 0 fully saturated rings. The molecule has 0 bridgehead atoms. The molecule has 0 aliphatic rings. The molecule has 2 aromatic rings. The summed E-state index contributed by atoms with van der Waals surface area (Å²) in [6.45, 7) is 2.71. The predicted octanol–water partition coefficient (Wildman–Crippen LogP) is 3.32. The topological polar surface area (TPSA) is 58.3 Å². The highest BCUT2D eigenvalue weighted by atomic mass is 35.5. The number of benzene rings is 2. The van der Waals surface area contributed by atoms with Crippen LogP contribution in [0.5, 0.6) is 5.75 Å². The van der Waals surface area contributed by atoms with Gasteiger partial charge in [0.05, 0.1) is 0 Å². The Morgan fingerprint density at radius 3 is 2.39 bits per heavy atom. The van der Waals surface area contributed by atoms with Gasteiger partial charge < -0.3 is 16.2 Å². The fourth-order valence-corrected chi connectivity index (χ4v) is 1.60. The number of nitrogen functional groups attached to an aromatic ring is 1. The van der Waals surface area contributed by atoms with Crippen LogP contribution in [0.1, 0.15) is 11.1 Å². The Labute approximate surface area is 113 Å². The SMILES string of the molecule is Cc1cc(NCc2ccc(O)cc2)ccc1N.Cl. The molecule has 4 heteroatoms. The molecule has 3 nitrogen and oxygen atoms in total. The minimum Gasteiger partial charge on any atom is -0.508 e. The molecule has 0 amide bonds. The molecule has 0 saturated heterocycles. The van der Waals surface area contributed by atoms with E-state index in [9.17, 15) is 5.11 Å². The van der Waals surface area contributed by atoms with E-state index in [0.29, 0.717) is 0 Å². The van der Waals surface area contributed by atoms with Gasteiger partial charge in [-0.1, -0.05) is 12.1 Å². The minimum absolute atomic E-state index is 0. The van der Waals surface area contributed by atoms with Crippen LogP contribution < -0.4 is 11.1 Å². The van der Waals surface area contributed by atoms with E-state index in [4.69, 9.17) is 5.73 Å². The molecule has 2 aromatic carbocycles. The van der Waals surface area contributed by atoms with Crippen molar-refractivity contribution < 1.29 is 5.11 Å². The summed E-state index contributed by atoms with van der Waals surface area (Å²) >= 11 is 0. The fraction of sp³-hybridized carbons (Fsp3) is 0.143. The smallest absolute Gasteiger partial charge is 0.115 e. The van der Waals surface area contributed by atoms with Gasteiger partial charge in [-0.05, 0) is 48.4 Å². The molecule has 96 valence electrons. The zero-order valence-electron chi connectivity index (χ0n) is 10.2. The van der Waals surface area contributed by atoms with Gasteiger partial charge in [-0.15, -0.1) is 12.4 Å². The number of aryl methyl sites for hydroxylation is 1. The summed E-state index contributed by atoms with van der Waals surface area (Å²) in [5.74, 6) is 0.289. The molecule has 0 saturated carbocycles. The standard InChI is InChI=1S/C14H16N2O.ClH/c1-10-8-12(4-7-14(10)15)16-9-11-2-5-13(17)6-3-11;/h2-8,16-17H,9,15H2,1H3;1H. The van der Waals surface area contributed by atoms with Crippen molar-refractivity contribution in [3.63, 3.8) is 0 Å². The van der Waals surface area contributed by atoms with Crippen molar-refractivity contribution in [3.05, 3.63) is 53.6 Å². The second kappa shape index (κ2) is 6.17. The average Bonchev–Trinajstić information content (AvgIpc) is 2.33. The summed E-state index contributed by atoms with van der Waals surface area (Å²) in [6.07, 6.45) is 0. The molecule has 18 heavy (non-hydrogen) atoms. The molecular weight excluding hydrogens is 248 g/mol. The van der Waals surface area contributed by atoms with E-state index in [2.05, 4.69) is 5.32 Å². The third kappa shape index (κ3) is 3.57. The minimum atomic E-state index is 0. The van der Waals surface area contributed by atoms with Gasteiger partial charge in [-0.3, -0.25) is 0 Å². The number of phenols is 1. The van der Waals surface area contributed by atoms with Crippen LogP contribution in [0.25, 0.3) is 0 Å². The molecule has 0 unspecified atom stereocenters. The van der Waals surface area contributed by atoms with Crippen LogP contribution in [0.2, 0.25) is 0 Å². The Morgan fingerprint density at radius 2 is 1.78 bits per heavy atom. The first-order valence-electron chi connectivity index (χ1n) is 5.53. The molecule has 4 N–H and O–H groups in total. The number of hydrogen-bond acceptors (Lipinski definition) is 3. The van der Waals surface area contributed by atoms with Crippen molar-refractivity contribution >= 4 is 23.8 Å². The van der Waals surface area contributed by atoms with Crippen LogP contribution in [0.4, 0.5) is 11.4 Å². The first kappa shape index (κ1) is 14.2. The van der Waals surface area contributed by atoms with Gasteiger partial charge in [0.15, 0.2) is 0 Å². The predicted molar refractivity (Wildman–Crippen MR) is 78.3 cm³/mol. The van der Waals surface area contributed by atoms with Crippen molar-refractivity contribution in [2.45, 2.75) is 13.5 Å². The molecule has 0 aliphatic heterocycles. The van der Waals surface area contributed by atoms with Crippen molar-refractivity contribution in [2.75, 3.05) is 11.1 Å². The van der Waals surface area contributed by atoms with E-state index in [-0.39, 0.29) is 18.2 Å². The molecule has 0 aromatic heterocycles. The largest absolute Gasteiger partial charge is 0.508 e. The summed E-state index contributed by atoms with van der Waals surface area (Å²) in [5.41, 5.74) is 9.80. The lowest BCUT2D eigenvalue weighted by molar-refractivity contribution is 0.475. The molecule has 0 atom stereocenters. The van der Waals surface area contributed by atoms with Crippen molar-refractivity contribution in [1.82, 2.24) is 0 Å². The molecule has 0 spiro atoms. The fourth-order valence-electron chi connectivity index (χ4n) is 1.60. The lowest BCUT2D eigenvalue weighted by atomic mass is 10.1. The number of phenolic OH excluding ortho intramolecular Hbond substituents is 1. The monoisotopic (exact) mass is 264 g/mol. The summed E-state index contributed by atoms with van der Waals surface area (Å²) in [7, 11) is 0. The second-order valence-electron chi connectivity index (χ2n) is 4.09. The number of nitrogens with one attached hydrogen (secondary N) is 1. The third-order valence-corrected chi connectivity index (χ3v) is 2.70. The van der Waals surface area contributed by atoms with Gasteiger partial charge in [-0.25, -0.2) is 0 Å². The van der Waals surface area contributed by atoms with Gasteiger partial charge in [0.25, 0.3) is 0 Å². The molecule has 0 aliphatic carbocycles. The normalized spacial score (nSPS) is 9.61. The lowest BCUT2D eigenvalue weighted by Crippen LogP contribution is -2.00. The van der Waals surface area contributed by atoms with Crippen molar-refractivity contribution in [1.29, 1.82) is 0 Å². The Hall–Kier alpha value is -1.87. The van der Waals surface area contributed by atoms with Crippen LogP contribution in [-0.2, 0) is 6.54 Å². The summed E-state index contributed by atoms with van der Waals surface area (Å²) in [5, 5.41) is 12.5. The zero-order chi connectivity index (χ0) is 12.3. The van der Waals surface area contributed by atoms with Crippen LogP contribution in [0.15, 0.2) is 42.5 Å². The number of nitrogens with two attached hydrogens (primary N) is 1. The van der Waals surface area contributed by atoms with Gasteiger partial charge in [0, 0.05) is 17.9 Å². The highest BCUT2D eigenvalue weighted by Crippen LogP contribution is 2.17. The summed E-state index contributed by atoms with van der Waals surface area (Å²) < 4.78 is 0. The van der Waals surface area contributed by atoms with E-state index < -0.39 is 0 Å². The average molecular weight is 265 g/mol. The van der Waals surface area contributed by atoms with Gasteiger partial charge in [0.2, 0.25) is 0 Å². The highest BCUT2D eigenvalue weighted by Gasteiger charge is 1.97. The third-order valence-electron chi connectivity index (χ3n) is 2.70. The number of hydrogen-bond donors (Lipinski definition) is 3. The Morgan fingerprint density at radius 1 is 1.11 bits per heavy atom. The molecule has 0 radical (unpaired) electrons. The number of aromatic hydroxyl groups is 1. The first-order valence-corrected chi connectivity index (χ1v) is 5.53. The number of rotatable bonds is 3. The Kier molecular flexibility index (Phi) is 4.86. The maximum atomic E-state index is 9.17. The quantitative estimate of drug-likeness (QED) is 0.746. The summed E-state index contributed by atoms with van der Waals surface area (Å²) in [4.78, 5) is 0. The number of anilines is 2. The Balaban J connectivity index is 0.00000162. The van der Waals surface area contributed by atoms with Crippen LogP contribution in [0.3, 0.4) is 0 Å². The number of halogens is 1. The van der Waals surface area contributed by atoms with E-state index in [1.807, 2.05) is 37.3 Å². The van der Waals surface area contributed by atoms with E-state index in [1.54, 1.807) is 12.1 Å². The van der Waals surface area contributed by atoms with Crippen LogP contribution >= 0.6 is 12.4 Å². The maximum Gasteiger partial charge on any atom is 0.115 e. The van der Waals surface area contributed by atoms with Gasteiger partial charge >= 0.3 is 0 Å². The van der Waals surface area contributed by atoms with Gasteiger partial charge in [-0.2, -0.15) is 0 Å². The molecule has 2 rings (SSSR count). The van der Waals surface area contributed by atoms with Crippen LogP contribution in [0, 0.1) is 6.92 Å².